The third-order valence-electron chi connectivity index (χ3n) is 4.02. The summed E-state index contributed by atoms with van der Waals surface area (Å²) in [7, 11) is 0. The number of rotatable bonds is 6. The summed E-state index contributed by atoms with van der Waals surface area (Å²) in [5.74, 6) is -2.26. The van der Waals surface area contributed by atoms with Crippen molar-refractivity contribution in [3.05, 3.63) is 48.6 Å². The molecular weight excluding hydrogens is 296 g/mol. The molecule has 1 aromatic rings. The first-order chi connectivity index (χ1) is 10.9. The Kier molecular flexibility index (Phi) is 4.74. The van der Waals surface area contributed by atoms with Gasteiger partial charge in [0.2, 0.25) is 11.8 Å². The van der Waals surface area contributed by atoms with Crippen LogP contribution in [0.5, 0.6) is 0 Å². The number of benzene rings is 1. The Morgan fingerprint density at radius 3 is 2.22 bits per heavy atom. The second kappa shape index (κ2) is 6.56. The van der Waals surface area contributed by atoms with Crippen LogP contribution in [-0.4, -0.2) is 23.6 Å². The fourth-order valence-corrected chi connectivity index (χ4v) is 2.98. The second-order valence-corrected chi connectivity index (χ2v) is 5.57. The maximum absolute atomic E-state index is 12.6. The third-order valence-corrected chi connectivity index (χ3v) is 4.02. The van der Waals surface area contributed by atoms with Crippen molar-refractivity contribution in [1.29, 1.82) is 0 Å². The second-order valence-electron chi connectivity index (χ2n) is 5.57. The highest BCUT2D eigenvalue weighted by Gasteiger charge is 2.55. The average molecular weight is 314 g/mol. The van der Waals surface area contributed by atoms with Gasteiger partial charge in [0.25, 0.3) is 0 Å². The van der Waals surface area contributed by atoms with Crippen molar-refractivity contribution in [2.75, 3.05) is 0 Å². The molecule has 0 spiro atoms. The van der Waals surface area contributed by atoms with Crippen LogP contribution in [0, 0.1) is 5.41 Å². The van der Waals surface area contributed by atoms with Gasteiger partial charge in [0, 0.05) is 12.3 Å². The molecular formula is C17H18N2O4. The Labute approximate surface area is 133 Å². The van der Waals surface area contributed by atoms with Crippen molar-refractivity contribution in [3.63, 3.8) is 0 Å². The molecule has 6 heteroatoms. The highest BCUT2D eigenvalue weighted by molar-refractivity contribution is 6.20. The molecule has 2 rings (SSSR count). The van der Waals surface area contributed by atoms with E-state index in [9.17, 15) is 19.2 Å². The lowest BCUT2D eigenvalue weighted by molar-refractivity contribution is -0.146. The Hall–Kier alpha value is -2.76. The largest absolute Gasteiger partial charge is 0.328 e. The van der Waals surface area contributed by atoms with E-state index in [0.717, 1.165) is 0 Å². The minimum absolute atomic E-state index is 0.00683. The van der Waals surface area contributed by atoms with E-state index in [-0.39, 0.29) is 18.6 Å². The van der Waals surface area contributed by atoms with Crippen LogP contribution in [0.2, 0.25) is 0 Å². The standard InChI is InChI=1S/C17H18N2O4/c1-3-9-17(14(21)18-16(23)19-15(17)22)13(10-11(2)20)12-7-5-4-6-8-12/h3-8,13H,1,9-10H2,2H3,(H2,18,19,21,22,23)/t13-/m1/s1. The van der Waals surface area contributed by atoms with Gasteiger partial charge in [-0.05, 0) is 18.9 Å². The highest BCUT2D eigenvalue weighted by Crippen LogP contribution is 2.43. The monoisotopic (exact) mass is 314 g/mol. The molecule has 4 amide bonds. The molecule has 1 aliphatic rings. The summed E-state index contributed by atoms with van der Waals surface area (Å²) in [4.78, 5) is 48.3. The molecule has 1 aliphatic heterocycles. The molecule has 0 saturated carbocycles. The van der Waals surface area contributed by atoms with Gasteiger partial charge < -0.3 is 4.79 Å². The number of barbiturate groups is 1. The summed E-state index contributed by atoms with van der Waals surface area (Å²) in [5, 5.41) is 4.28. The van der Waals surface area contributed by atoms with Crippen molar-refractivity contribution in [2.24, 2.45) is 5.41 Å². The van der Waals surface area contributed by atoms with Crippen LogP contribution in [0.4, 0.5) is 4.79 Å². The van der Waals surface area contributed by atoms with E-state index in [4.69, 9.17) is 0 Å². The first-order valence-electron chi connectivity index (χ1n) is 7.24. The number of hydrogen-bond donors (Lipinski definition) is 2. The van der Waals surface area contributed by atoms with E-state index in [0.29, 0.717) is 5.56 Å². The number of urea groups is 1. The molecule has 6 nitrogen and oxygen atoms in total. The molecule has 120 valence electrons. The van der Waals surface area contributed by atoms with Gasteiger partial charge in [-0.2, -0.15) is 0 Å². The predicted molar refractivity (Wildman–Crippen MR) is 83.4 cm³/mol. The number of hydrogen-bond acceptors (Lipinski definition) is 4. The Morgan fingerprint density at radius 2 is 1.74 bits per heavy atom. The minimum atomic E-state index is -1.58. The van der Waals surface area contributed by atoms with E-state index >= 15 is 0 Å². The summed E-state index contributed by atoms with van der Waals surface area (Å²) in [6.07, 6.45) is 1.47. The zero-order valence-electron chi connectivity index (χ0n) is 12.8. The summed E-state index contributed by atoms with van der Waals surface area (Å²) in [5.41, 5.74) is -0.896. The predicted octanol–water partition coefficient (Wildman–Crippen LogP) is 1.68. The van der Waals surface area contributed by atoms with E-state index in [1.54, 1.807) is 30.3 Å². The van der Waals surface area contributed by atoms with Crippen molar-refractivity contribution >= 4 is 23.6 Å². The number of carbonyl (C=O) groups is 4. The molecule has 0 radical (unpaired) electrons. The molecule has 23 heavy (non-hydrogen) atoms. The molecule has 0 bridgehead atoms. The average Bonchev–Trinajstić information content (AvgIpc) is 2.49. The summed E-state index contributed by atoms with van der Waals surface area (Å²) >= 11 is 0. The number of Topliss-reactive ketones (excluding diaryl/α,β-unsaturated/α-hetero) is 1. The molecule has 1 saturated heterocycles. The number of allylic oxidation sites excluding steroid dienone is 1. The van der Waals surface area contributed by atoms with Crippen molar-refractivity contribution in [2.45, 2.75) is 25.7 Å². The van der Waals surface area contributed by atoms with Crippen LogP contribution in [0.1, 0.15) is 31.2 Å². The van der Waals surface area contributed by atoms with Gasteiger partial charge >= 0.3 is 6.03 Å². The maximum Gasteiger partial charge on any atom is 0.328 e. The van der Waals surface area contributed by atoms with Gasteiger partial charge in [-0.15, -0.1) is 6.58 Å². The summed E-state index contributed by atoms with van der Waals surface area (Å²) in [6, 6.07) is 8.01. The lowest BCUT2D eigenvalue weighted by Gasteiger charge is -2.39. The van der Waals surface area contributed by atoms with Gasteiger partial charge in [-0.3, -0.25) is 20.2 Å². The number of carbonyl (C=O) groups excluding carboxylic acids is 4. The van der Waals surface area contributed by atoms with Crippen LogP contribution in [0.15, 0.2) is 43.0 Å². The number of imide groups is 2. The molecule has 1 atom stereocenters. The van der Waals surface area contributed by atoms with Crippen molar-refractivity contribution in [1.82, 2.24) is 10.6 Å². The normalized spacial score (nSPS) is 17.9. The van der Waals surface area contributed by atoms with Gasteiger partial charge in [-0.1, -0.05) is 36.4 Å². The van der Waals surface area contributed by atoms with E-state index in [1.165, 1.54) is 13.0 Å². The first kappa shape index (κ1) is 16.6. The minimum Gasteiger partial charge on any atom is -0.300 e. The zero-order chi connectivity index (χ0) is 17.0. The van der Waals surface area contributed by atoms with Gasteiger partial charge in [0.1, 0.15) is 11.2 Å². The molecule has 1 aromatic carbocycles. The molecule has 0 unspecified atom stereocenters. The molecule has 2 N–H and O–H groups in total. The molecule has 1 heterocycles. The maximum atomic E-state index is 12.6. The van der Waals surface area contributed by atoms with Crippen molar-refractivity contribution in [3.8, 4) is 0 Å². The SMILES string of the molecule is C=CCC1([C@H](CC(C)=O)c2ccccc2)C(=O)NC(=O)NC1=O. The number of ketones is 1. The Balaban J connectivity index is 2.60. The Morgan fingerprint density at radius 1 is 1.17 bits per heavy atom. The lowest BCUT2D eigenvalue weighted by atomic mass is 9.66. The van der Waals surface area contributed by atoms with Crippen LogP contribution in [0.3, 0.4) is 0 Å². The Bertz CT molecular complexity index is 646. The van der Waals surface area contributed by atoms with E-state index < -0.39 is 29.2 Å². The highest BCUT2D eigenvalue weighted by atomic mass is 16.2. The topological polar surface area (TPSA) is 92.3 Å². The molecule has 1 fully saturated rings. The zero-order valence-corrected chi connectivity index (χ0v) is 12.8. The fourth-order valence-electron chi connectivity index (χ4n) is 2.98. The van der Waals surface area contributed by atoms with E-state index in [1.807, 2.05) is 0 Å². The van der Waals surface area contributed by atoms with Crippen molar-refractivity contribution < 1.29 is 19.2 Å². The van der Waals surface area contributed by atoms with E-state index in [2.05, 4.69) is 17.2 Å². The van der Waals surface area contributed by atoms with Crippen LogP contribution in [-0.2, 0) is 14.4 Å². The third kappa shape index (κ3) is 3.06. The van der Waals surface area contributed by atoms with Gasteiger partial charge in [0.05, 0.1) is 0 Å². The lowest BCUT2D eigenvalue weighted by Crippen LogP contribution is -2.64. The summed E-state index contributed by atoms with van der Waals surface area (Å²) < 4.78 is 0. The van der Waals surface area contributed by atoms with Gasteiger partial charge in [0.15, 0.2) is 0 Å². The number of nitrogens with one attached hydrogen (secondary N) is 2. The summed E-state index contributed by atoms with van der Waals surface area (Å²) in [6.45, 7) is 5.02. The van der Waals surface area contributed by atoms with Crippen LogP contribution in [0.25, 0.3) is 0 Å². The fraction of sp³-hybridized carbons (Fsp3) is 0.294. The quantitative estimate of drug-likeness (QED) is 0.617. The number of amides is 4. The smallest absolute Gasteiger partial charge is 0.300 e. The van der Waals surface area contributed by atoms with Gasteiger partial charge in [-0.25, -0.2) is 4.79 Å². The van der Waals surface area contributed by atoms with Crippen LogP contribution < -0.4 is 10.6 Å². The molecule has 0 aromatic heterocycles. The molecule has 0 aliphatic carbocycles. The van der Waals surface area contributed by atoms with Crippen LogP contribution >= 0.6 is 0 Å². The first-order valence-corrected chi connectivity index (χ1v) is 7.24.